The minimum Gasteiger partial charge on any atom is -0.356 e. The average molecular weight is 459 g/mol. The summed E-state index contributed by atoms with van der Waals surface area (Å²) in [6.07, 6.45) is 4.14. The van der Waals surface area contributed by atoms with Crippen molar-refractivity contribution >= 4 is 22.4 Å². The second-order valence-corrected chi connectivity index (χ2v) is 10.9. The molecule has 0 aromatic carbocycles. The average Bonchev–Trinajstić information content (AvgIpc) is 3.36. The highest BCUT2D eigenvalue weighted by Gasteiger charge is 2.27. The molecule has 0 aliphatic carbocycles. The van der Waals surface area contributed by atoms with Crippen LogP contribution < -0.4 is 10.2 Å². The van der Waals surface area contributed by atoms with Gasteiger partial charge < -0.3 is 15.1 Å². The molecule has 2 saturated heterocycles. The Balaban J connectivity index is 1.19. The summed E-state index contributed by atoms with van der Waals surface area (Å²) < 4.78 is 2.15. The van der Waals surface area contributed by atoms with Crippen LogP contribution in [0.2, 0.25) is 0 Å². The van der Waals surface area contributed by atoms with Crippen LogP contribution in [0, 0.1) is 31.6 Å². The Kier molecular flexibility index (Phi) is 7.51. The van der Waals surface area contributed by atoms with Gasteiger partial charge in [0.15, 0.2) is 0 Å². The van der Waals surface area contributed by atoms with Crippen LogP contribution in [0.5, 0.6) is 0 Å². The molecule has 1 amide bonds. The predicted molar refractivity (Wildman–Crippen MR) is 131 cm³/mol. The summed E-state index contributed by atoms with van der Waals surface area (Å²) in [4.78, 5) is 17.5. The second-order valence-electron chi connectivity index (χ2n) is 9.93. The van der Waals surface area contributed by atoms with Crippen molar-refractivity contribution in [3.05, 3.63) is 23.5 Å². The monoisotopic (exact) mass is 458 g/mol. The van der Waals surface area contributed by atoms with Gasteiger partial charge in [-0.25, -0.2) is 0 Å². The summed E-state index contributed by atoms with van der Waals surface area (Å²) in [5.74, 6) is 1.92. The van der Waals surface area contributed by atoms with E-state index in [0.29, 0.717) is 0 Å². The predicted octanol–water partition coefficient (Wildman–Crippen LogP) is 3.65. The molecular formula is C24H38N6OS. The first-order valence-electron chi connectivity index (χ1n) is 12.1. The molecule has 8 heteroatoms. The smallest absolute Gasteiger partial charge is 0.223 e. The summed E-state index contributed by atoms with van der Waals surface area (Å²) in [6.45, 7) is 14.9. The lowest BCUT2D eigenvalue weighted by Gasteiger charge is -2.35. The van der Waals surface area contributed by atoms with Crippen LogP contribution in [0.15, 0.2) is 12.1 Å². The highest BCUT2D eigenvalue weighted by Crippen LogP contribution is 2.29. The van der Waals surface area contributed by atoms with E-state index < -0.39 is 0 Å². The number of likely N-dealkylation sites (tertiary alicyclic amines) is 1. The van der Waals surface area contributed by atoms with E-state index in [-0.39, 0.29) is 11.8 Å². The van der Waals surface area contributed by atoms with Crippen molar-refractivity contribution in [2.75, 3.05) is 44.2 Å². The number of carbonyl (C=O) groups is 1. The molecule has 4 heterocycles. The number of hydrogen-bond acceptors (Lipinski definition) is 6. The van der Waals surface area contributed by atoms with Crippen molar-refractivity contribution in [2.45, 2.75) is 53.4 Å². The van der Waals surface area contributed by atoms with Crippen molar-refractivity contribution in [3.63, 3.8) is 0 Å². The Morgan fingerprint density at radius 3 is 2.34 bits per heavy atom. The van der Waals surface area contributed by atoms with E-state index in [1.165, 1.54) is 30.9 Å². The van der Waals surface area contributed by atoms with Gasteiger partial charge in [0, 0.05) is 50.0 Å². The molecule has 2 fully saturated rings. The van der Waals surface area contributed by atoms with Crippen LogP contribution in [0.1, 0.15) is 50.9 Å². The Morgan fingerprint density at radius 1 is 1.06 bits per heavy atom. The minimum atomic E-state index is 0.114. The van der Waals surface area contributed by atoms with Crippen molar-refractivity contribution in [1.82, 2.24) is 25.0 Å². The second kappa shape index (κ2) is 10.3. The molecule has 32 heavy (non-hydrogen) atoms. The number of rotatable bonds is 7. The fourth-order valence-electron chi connectivity index (χ4n) is 5.36. The maximum atomic E-state index is 12.7. The van der Waals surface area contributed by atoms with E-state index in [1.54, 1.807) is 11.3 Å². The van der Waals surface area contributed by atoms with Gasteiger partial charge in [-0.1, -0.05) is 25.2 Å². The fourth-order valence-corrected chi connectivity index (χ4v) is 6.38. The number of nitrogens with one attached hydrogen (secondary N) is 1. The first-order valence-corrected chi connectivity index (χ1v) is 13.0. The zero-order chi connectivity index (χ0) is 22.7. The van der Waals surface area contributed by atoms with Gasteiger partial charge in [0.25, 0.3) is 0 Å². The Hall–Kier alpha value is -1.93. The van der Waals surface area contributed by atoms with E-state index in [9.17, 15) is 4.79 Å². The number of aryl methyl sites for hydroxylation is 2. The van der Waals surface area contributed by atoms with Crippen LogP contribution >= 0.6 is 11.3 Å². The summed E-state index contributed by atoms with van der Waals surface area (Å²) >= 11 is 1.63. The molecule has 0 saturated carbocycles. The number of piperidine rings is 2. The van der Waals surface area contributed by atoms with Crippen molar-refractivity contribution in [2.24, 2.45) is 17.8 Å². The zero-order valence-corrected chi connectivity index (χ0v) is 20.8. The molecule has 1 N–H and O–H groups in total. The summed E-state index contributed by atoms with van der Waals surface area (Å²) in [5, 5.41) is 13.9. The first kappa shape index (κ1) is 23.2. The number of carbonyl (C=O) groups excluding carboxylic acids is 1. The Morgan fingerprint density at radius 2 is 1.69 bits per heavy atom. The van der Waals surface area contributed by atoms with E-state index in [0.717, 1.165) is 67.5 Å². The van der Waals surface area contributed by atoms with Gasteiger partial charge in [0.05, 0.1) is 0 Å². The molecule has 7 nitrogen and oxygen atoms in total. The molecule has 176 valence electrons. The summed E-state index contributed by atoms with van der Waals surface area (Å²) in [6, 6.07) is 4.21. The third-order valence-electron chi connectivity index (χ3n) is 6.90. The molecule has 2 aliphatic rings. The molecular weight excluding hydrogens is 420 g/mol. The van der Waals surface area contributed by atoms with E-state index in [4.69, 9.17) is 0 Å². The molecule has 2 atom stereocenters. The molecule has 0 radical (unpaired) electrons. The maximum Gasteiger partial charge on any atom is 0.223 e. The molecule has 0 spiro atoms. The van der Waals surface area contributed by atoms with Gasteiger partial charge in [0.2, 0.25) is 16.2 Å². The largest absolute Gasteiger partial charge is 0.356 e. The molecule has 4 rings (SSSR count). The lowest BCUT2D eigenvalue weighted by atomic mass is 9.92. The first-order chi connectivity index (χ1) is 15.4. The highest BCUT2D eigenvalue weighted by atomic mass is 32.1. The zero-order valence-electron chi connectivity index (χ0n) is 20.0. The molecule has 0 bridgehead atoms. The van der Waals surface area contributed by atoms with Crippen molar-refractivity contribution in [3.8, 4) is 5.13 Å². The molecule has 2 aromatic heterocycles. The number of aromatic nitrogens is 3. The quantitative estimate of drug-likeness (QED) is 0.642. The van der Waals surface area contributed by atoms with E-state index in [2.05, 4.69) is 69.7 Å². The van der Waals surface area contributed by atoms with Gasteiger partial charge >= 0.3 is 0 Å². The van der Waals surface area contributed by atoms with Gasteiger partial charge in [-0.3, -0.25) is 9.36 Å². The van der Waals surface area contributed by atoms with Crippen LogP contribution in [-0.2, 0) is 4.79 Å². The molecule has 0 unspecified atom stereocenters. The third-order valence-corrected chi connectivity index (χ3v) is 7.87. The number of hydrogen-bond donors (Lipinski definition) is 1. The maximum absolute atomic E-state index is 12.7. The third kappa shape index (κ3) is 5.52. The topological polar surface area (TPSA) is 66.3 Å². The van der Waals surface area contributed by atoms with Crippen molar-refractivity contribution in [1.29, 1.82) is 0 Å². The standard InChI is InChI=1S/C24H38N6OS/c1-17-14-18(2)16-28(15-17)11-5-10-25-22(31)21-8-12-29(13-9-21)23-26-27-24(32-23)30-19(3)6-7-20(30)4/h6-7,17-18,21H,5,8-16H2,1-4H3,(H,25,31)/t17-,18-/m1/s1. The minimum absolute atomic E-state index is 0.114. The van der Waals surface area contributed by atoms with Crippen LogP contribution in [0.3, 0.4) is 0 Å². The van der Waals surface area contributed by atoms with Gasteiger partial charge in [-0.05, 0) is 70.0 Å². The van der Waals surface area contributed by atoms with E-state index >= 15 is 0 Å². The lowest BCUT2D eigenvalue weighted by molar-refractivity contribution is -0.125. The molecule has 2 aliphatic heterocycles. The number of amides is 1. The Bertz CT molecular complexity index is 871. The van der Waals surface area contributed by atoms with Gasteiger partial charge in [0.1, 0.15) is 0 Å². The summed E-state index contributed by atoms with van der Waals surface area (Å²) in [5.41, 5.74) is 2.34. The van der Waals surface area contributed by atoms with Crippen LogP contribution in [0.4, 0.5) is 5.13 Å². The van der Waals surface area contributed by atoms with Crippen LogP contribution in [-0.4, -0.2) is 64.8 Å². The van der Waals surface area contributed by atoms with Crippen LogP contribution in [0.25, 0.3) is 5.13 Å². The van der Waals surface area contributed by atoms with Gasteiger partial charge in [-0.15, -0.1) is 10.2 Å². The molecule has 2 aromatic rings. The Labute approximate surface area is 196 Å². The number of anilines is 1. The van der Waals surface area contributed by atoms with Gasteiger partial charge in [-0.2, -0.15) is 0 Å². The lowest BCUT2D eigenvalue weighted by Crippen LogP contribution is -2.42. The summed E-state index contributed by atoms with van der Waals surface area (Å²) in [7, 11) is 0. The van der Waals surface area contributed by atoms with Crippen molar-refractivity contribution < 1.29 is 4.79 Å². The highest BCUT2D eigenvalue weighted by molar-refractivity contribution is 7.17. The fraction of sp³-hybridized carbons (Fsp3) is 0.708. The van der Waals surface area contributed by atoms with E-state index in [1.807, 2.05) is 0 Å². The normalized spacial score (nSPS) is 22.9. The SMILES string of the molecule is Cc1ccc(C)n1-c1nnc(N2CCC(C(=O)NCCCN3C[C@H](C)C[C@@H](C)C3)CC2)s1. The number of nitrogens with zero attached hydrogens (tertiary/aromatic N) is 5.